The van der Waals surface area contributed by atoms with Crippen LogP contribution in [0.4, 0.5) is 32.8 Å². The predicted octanol–water partition coefficient (Wildman–Crippen LogP) is 7.21. The van der Waals surface area contributed by atoms with E-state index in [2.05, 4.69) is 20.2 Å². The van der Waals surface area contributed by atoms with Crippen LogP contribution in [-0.4, -0.2) is 70.1 Å². The average Bonchev–Trinajstić information content (AvgIpc) is 3.75. The van der Waals surface area contributed by atoms with Crippen LogP contribution in [0.15, 0.2) is 18.2 Å². The second-order valence-corrected chi connectivity index (χ2v) is 14.1. The molecule has 8 nitrogen and oxygen atoms in total. The van der Waals surface area contributed by atoms with Crippen LogP contribution in [0.25, 0.3) is 32.1 Å². The van der Waals surface area contributed by atoms with Crippen molar-refractivity contribution in [3.63, 3.8) is 0 Å². The number of aromatic nitrogens is 2. The number of benzene rings is 2. The molecule has 1 aliphatic carbocycles. The topological polar surface area (TPSA) is 106 Å². The highest BCUT2D eigenvalue weighted by atomic mass is 127. The maximum Gasteiger partial charge on any atom is 0.345 e. The number of fused-ring (bicyclic) bond motifs is 3. The second kappa shape index (κ2) is 11.8. The third-order valence-electron chi connectivity index (χ3n) is 9.19. The Bertz CT molecular complexity index is 1800. The van der Waals surface area contributed by atoms with Crippen LogP contribution in [0.5, 0.6) is 11.8 Å². The number of hydrogen-bond acceptors (Lipinski definition) is 9. The molecule has 15 heteroatoms. The summed E-state index contributed by atoms with van der Waals surface area (Å²) in [5.41, 5.74) is 5.43. The molecule has 7 rings (SSSR count). The van der Waals surface area contributed by atoms with Gasteiger partial charge in [0.15, 0.2) is 5.82 Å². The summed E-state index contributed by atoms with van der Waals surface area (Å²) < 4.78 is 83.4. The summed E-state index contributed by atoms with van der Waals surface area (Å²) in [6, 6.07) is 3.35. The van der Waals surface area contributed by atoms with Crippen LogP contribution in [0.3, 0.4) is 0 Å². The molecule has 2 aliphatic heterocycles. The van der Waals surface area contributed by atoms with Crippen molar-refractivity contribution >= 4 is 65.7 Å². The minimum atomic E-state index is -2.98. The molecule has 45 heavy (non-hydrogen) atoms. The summed E-state index contributed by atoms with van der Waals surface area (Å²) in [4.78, 5) is 10.9. The maximum atomic E-state index is 16.8. The Morgan fingerprint density at radius 2 is 2.04 bits per heavy atom. The molecule has 2 aromatic heterocycles. The first-order valence-electron chi connectivity index (χ1n) is 14.7. The van der Waals surface area contributed by atoms with E-state index in [1.54, 1.807) is 6.07 Å². The van der Waals surface area contributed by atoms with E-state index in [0.29, 0.717) is 48.2 Å². The highest BCUT2D eigenvalue weighted by molar-refractivity contribution is 14.1. The van der Waals surface area contributed by atoms with Crippen molar-refractivity contribution < 1.29 is 36.5 Å². The average molecular weight is 762 g/mol. The van der Waals surface area contributed by atoms with Crippen LogP contribution < -0.4 is 15.8 Å². The molecular weight excluding hydrogens is 732 g/mol. The molecule has 4 N–H and O–H groups in total. The summed E-state index contributed by atoms with van der Waals surface area (Å²) in [7, 11) is 0. The highest BCUT2D eigenvalue weighted by Gasteiger charge is 2.49. The SMILES string of the molecule is Nc1cc2c(-c3c(I)c(O)c4c(NC5CCCC5OC(F)F)nc(OC[C@@]56CCCN5C[C@H](F)C6)nc4c3F)ccc(F)c2s1. The molecule has 240 valence electrons. The Labute approximate surface area is 272 Å². The standard InChI is InChI=1S/C30H29F5IN5O3S/c31-13-10-30(7-2-8-41(30)11-13)12-43-29-39-24-21(27(40-29)38-17-3-1-4-18(17)44-28(34)35)25(42)23(36)20(22(24)33)14-5-6-16(32)26-15(14)9-19(37)45-26/h5-6,9,13,17-18,28,42H,1-4,7-8,10-12,37H2,(H,38,39,40)/t13-,17?,18?,30+/m1/s1. The molecule has 0 spiro atoms. The minimum absolute atomic E-state index is 0.00905. The van der Waals surface area contributed by atoms with Crippen molar-refractivity contribution in [2.75, 3.05) is 30.7 Å². The lowest BCUT2D eigenvalue weighted by molar-refractivity contribution is -0.162. The zero-order chi connectivity index (χ0) is 31.6. The van der Waals surface area contributed by atoms with Crippen molar-refractivity contribution in [3.05, 3.63) is 33.4 Å². The van der Waals surface area contributed by atoms with E-state index in [-0.39, 0.29) is 48.9 Å². The van der Waals surface area contributed by atoms with E-state index < -0.39 is 42.1 Å². The first-order chi connectivity index (χ1) is 21.5. The molecular formula is C30H29F5IN5O3S. The Kier molecular flexibility index (Phi) is 8.09. The summed E-state index contributed by atoms with van der Waals surface area (Å²) >= 11 is 2.83. The molecule has 0 radical (unpaired) electrons. The number of thiophene rings is 1. The number of phenols is 1. The molecule has 3 aliphatic rings. The van der Waals surface area contributed by atoms with Gasteiger partial charge < -0.3 is 25.6 Å². The minimum Gasteiger partial charge on any atom is -0.506 e. The third kappa shape index (κ3) is 5.42. The molecule has 2 aromatic carbocycles. The molecule has 4 aromatic rings. The highest BCUT2D eigenvalue weighted by Crippen LogP contribution is 2.47. The van der Waals surface area contributed by atoms with Crippen LogP contribution in [0.1, 0.15) is 38.5 Å². The van der Waals surface area contributed by atoms with Gasteiger partial charge in [0.25, 0.3) is 0 Å². The number of hydrogen-bond donors (Lipinski definition) is 3. The largest absolute Gasteiger partial charge is 0.506 e. The van der Waals surface area contributed by atoms with Crippen LogP contribution in [0, 0.1) is 15.2 Å². The number of ether oxygens (including phenoxy) is 2. The zero-order valence-electron chi connectivity index (χ0n) is 23.8. The smallest absolute Gasteiger partial charge is 0.345 e. The first-order valence-corrected chi connectivity index (χ1v) is 16.6. The Morgan fingerprint density at radius 3 is 2.84 bits per heavy atom. The van der Waals surface area contributed by atoms with Gasteiger partial charge in [-0.1, -0.05) is 6.07 Å². The number of nitrogens with zero attached hydrogens (tertiary/aromatic N) is 3. The van der Waals surface area contributed by atoms with E-state index in [1.165, 1.54) is 12.1 Å². The second-order valence-electron chi connectivity index (χ2n) is 11.9. The lowest BCUT2D eigenvalue weighted by Crippen LogP contribution is -2.43. The molecule has 4 atom stereocenters. The number of nitrogens with two attached hydrogens (primary N) is 1. The predicted molar refractivity (Wildman–Crippen MR) is 170 cm³/mol. The molecule has 4 heterocycles. The summed E-state index contributed by atoms with van der Waals surface area (Å²) in [6.07, 6.45) is 1.53. The van der Waals surface area contributed by atoms with Crippen molar-refractivity contribution in [1.29, 1.82) is 0 Å². The van der Waals surface area contributed by atoms with Gasteiger partial charge in [0.2, 0.25) is 0 Å². The van der Waals surface area contributed by atoms with Crippen molar-refractivity contribution in [2.45, 2.75) is 69.0 Å². The Hall–Kier alpha value is -2.76. The number of phenolic OH excluding ortho intramolecular Hbond substituents is 1. The van der Waals surface area contributed by atoms with Crippen molar-refractivity contribution in [1.82, 2.24) is 14.9 Å². The number of aromatic hydroxyl groups is 1. The van der Waals surface area contributed by atoms with E-state index in [0.717, 1.165) is 30.7 Å². The molecule has 0 amide bonds. The van der Waals surface area contributed by atoms with Crippen molar-refractivity contribution in [3.8, 4) is 22.9 Å². The van der Waals surface area contributed by atoms with E-state index in [4.69, 9.17) is 15.2 Å². The molecule has 0 bridgehead atoms. The molecule has 2 saturated heterocycles. The summed E-state index contributed by atoms with van der Waals surface area (Å²) in [5.74, 6) is -1.69. The van der Waals surface area contributed by atoms with Gasteiger partial charge in [-0.2, -0.15) is 18.7 Å². The first kappa shape index (κ1) is 30.9. The number of nitrogens with one attached hydrogen (secondary N) is 1. The summed E-state index contributed by atoms with van der Waals surface area (Å²) in [5, 5.41) is 15.3. The monoisotopic (exact) mass is 761 g/mol. The fourth-order valence-corrected chi connectivity index (χ4v) is 8.86. The lowest BCUT2D eigenvalue weighted by atomic mass is 9.95. The van der Waals surface area contributed by atoms with E-state index >= 15 is 4.39 Å². The number of nitrogen functional groups attached to an aromatic ring is 1. The van der Waals surface area contributed by atoms with Crippen LogP contribution in [-0.2, 0) is 4.74 Å². The maximum absolute atomic E-state index is 16.8. The summed E-state index contributed by atoms with van der Waals surface area (Å²) in [6.45, 7) is -1.86. The number of halogens is 6. The van der Waals surface area contributed by atoms with Gasteiger partial charge in [-0.25, -0.2) is 13.2 Å². The van der Waals surface area contributed by atoms with Gasteiger partial charge in [-0.3, -0.25) is 4.90 Å². The number of anilines is 2. The molecule has 2 unspecified atom stereocenters. The lowest BCUT2D eigenvalue weighted by Gasteiger charge is -2.31. The van der Waals surface area contributed by atoms with Gasteiger partial charge >= 0.3 is 12.6 Å². The fraction of sp³-hybridized carbons (Fsp3) is 0.467. The van der Waals surface area contributed by atoms with Crippen LogP contribution in [0.2, 0.25) is 0 Å². The van der Waals surface area contributed by atoms with Gasteiger partial charge in [-0.15, -0.1) is 11.3 Å². The normalized spacial score (nSPS) is 25.2. The van der Waals surface area contributed by atoms with E-state index in [1.807, 2.05) is 22.6 Å². The Balaban J connectivity index is 1.36. The van der Waals surface area contributed by atoms with E-state index in [9.17, 15) is 22.7 Å². The van der Waals surface area contributed by atoms with Crippen LogP contribution >= 0.6 is 33.9 Å². The zero-order valence-corrected chi connectivity index (χ0v) is 26.7. The van der Waals surface area contributed by atoms with Crippen molar-refractivity contribution in [2.24, 2.45) is 0 Å². The fourth-order valence-electron chi connectivity index (χ4n) is 7.21. The van der Waals surface area contributed by atoms with Gasteiger partial charge in [0.05, 0.1) is 36.3 Å². The number of rotatable bonds is 8. The van der Waals surface area contributed by atoms with Gasteiger partial charge in [0.1, 0.15) is 35.7 Å². The Morgan fingerprint density at radius 1 is 1.22 bits per heavy atom. The van der Waals surface area contributed by atoms with Gasteiger partial charge in [-0.05, 0) is 78.9 Å². The molecule has 1 saturated carbocycles. The molecule has 3 fully saturated rings. The van der Waals surface area contributed by atoms with Gasteiger partial charge in [0, 0.05) is 23.9 Å². The number of alkyl halides is 3. The quantitative estimate of drug-likeness (QED) is 0.128. The third-order valence-corrected chi connectivity index (χ3v) is 11.2.